The Hall–Kier alpha value is -2.86. The molecule has 0 saturated carbocycles. The van der Waals surface area contributed by atoms with Crippen molar-refractivity contribution in [2.75, 3.05) is 20.2 Å². The molecule has 1 N–H and O–H groups in total. The lowest BCUT2D eigenvalue weighted by Crippen LogP contribution is -2.40. The number of methoxy groups -OCH3 is 1. The molecule has 26 heavy (non-hydrogen) atoms. The molecule has 2 aromatic rings. The Labute approximate surface area is 155 Å². The van der Waals surface area contributed by atoms with Crippen molar-refractivity contribution < 1.29 is 19.1 Å². The molecule has 3 rings (SSSR count). The van der Waals surface area contributed by atoms with Gasteiger partial charge in [-0.15, -0.1) is 0 Å². The van der Waals surface area contributed by atoms with Gasteiger partial charge in [0.1, 0.15) is 12.3 Å². The quantitative estimate of drug-likeness (QED) is 0.789. The topological polar surface area (TPSA) is 75.7 Å². The van der Waals surface area contributed by atoms with Crippen LogP contribution in [0.15, 0.2) is 42.5 Å². The standard InChI is InChI=1S/C19H17ClN2O4/c1-26-16-5-3-2-4-12(16)8-9-21-17(23)11-22-18(24)14-7-6-13(20)10-15(14)19(22)25/h2-7,10H,8-9,11H2,1H3,(H,21,23). The molecule has 0 spiro atoms. The number of amides is 3. The van der Waals surface area contributed by atoms with Gasteiger partial charge in [0.05, 0.1) is 18.2 Å². The first-order chi connectivity index (χ1) is 12.5. The Kier molecular flexibility index (Phi) is 5.23. The fourth-order valence-corrected chi connectivity index (χ4v) is 3.02. The van der Waals surface area contributed by atoms with Crippen molar-refractivity contribution in [3.05, 3.63) is 64.2 Å². The summed E-state index contributed by atoms with van der Waals surface area (Å²) >= 11 is 5.87. The number of rotatable bonds is 6. The Morgan fingerprint density at radius 3 is 2.62 bits per heavy atom. The molecular formula is C19H17ClN2O4. The third-order valence-corrected chi connectivity index (χ3v) is 4.38. The minimum atomic E-state index is -0.507. The van der Waals surface area contributed by atoms with Crippen LogP contribution in [-0.4, -0.2) is 42.8 Å². The Balaban J connectivity index is 1.57. The summed E-state index contributed by atoms with van der Waals surface area (Å²) in [7, 11) is 1.59. The first-order valence-electron chi connectivity index (χ1n) is 8.05. The van der Waals surface area contributed by atoms with Gasteiger partial charge >= 0.3 is 0 Å². The molecule has 0 radical (unpaired) electrons. The van der Waals surface area contributed by atoms with E-state index in [1.807, 2.05) is 24.3 Å². The molecule has 134 valence electrons. The van der Waals surface area contributed by atoms with E-state index in [2.05, 4.69) is 5.32 Å². The predicted molar refractivity (Wildman–Crippen MR) is 96.5 cm³/mol. The number of hydrogen-bond acceptors (Lipinski definition) is 4. The second-order valence-corrected chi connectivity index (χ2v) is 6.23. The van der Waals surface area contributed by atoms with Crippen LogP contribution in [0.25, 0.3) is 0 Å². The first-order valence-corrected chi connectivity index (χ1v) is 8.43. The number of hydrogen-bond donors (Lipinski definition) is 1. The smallest absolute Gasteiger partial charge is 0.262 e. The van der Waals surface area contributed by atoms with Crippen LogP contribution < -0.4 is 10.1 Å². The van der Waals surface area contributed by atoms with Crippen LogP contribution in [0, 0.1) is 0 Å². The van der Waals surface area contributed by atoms with Crippen LogP contribution >= 0.6 is 11.6 Å². The van der Waals surface area contributed by atoms with Gasteiger partial charge in [0, 0.05) is 11.6 Å². The van der Waals surface area contributed by atoms with Crippen LogP contribution in [-0.2, 0) is 11.2 Å². The predicted octanol–water partition coefficient (Wildman–Crippen LogP) is 2.30. The molecule has 2 aromatic carbocycles. The normalized spacial score (nSPS) is 12.9. The van der Waals surface area contributed by atoms with Crippen molar-refractivity contribution in [2.24, 2.45) is 0 Å². The highest BCUT2D eigenvalue weighted by Crippen LogP contribution is 2.25. The van der Waals surface area contributed by atoms with E-state index < -0.39 is 17.7 Å². The van der Waals surface area contributed by atoms with Gasteiger partial charge in [-0.1, -0.05) is 29.8 Å². The van der Waals surface area contributed by atoms with E-state index in [-0.39, 0.29) is 17.7 Å². The van der Waals surface area contributed by atoms with E-state index in [0.717, 1.165) is 16.2 Å². The van der Waals surface area contributed by atoms with Crippen LogP contribution in [0.3, 0.4) is 0 Å². The third kappa shape index (κ3) is 3.55. The maximum atomic E-state index is 12.3. The average molecular weight is 373 g/mol. The molecule has 7 heteroatoms. The second kappa shape index (κ2) is 7.58. The zero-order chi connectivity index (χ0) is 18.7. The molecule has 0 fully saturated rings. The summed E-state index contributed by atoms with van der Waals surface area (Å²) in [4.78, 5) is 37.7. The number of halogens is 1. The summed E-state index contributed by atoms with van der Waals surface area (Å²) in [5.41, 5.74) is 1.45. The van der Waals surface area contributed by atoms with E-state index in [1.165, 1.54) is 12.1 Å². The monoisotopic (exact) mass is 372 g/mol. The summed E-state index contributed by atoms with van der Waals surface area (Å²) in [6.07, 6.45) is 0.577. The minimum Gasteiger partial charge on any atom is -0.496 e. The lowest BCUT2D eigenvalue weighted by atomic mass is 10.1. The van der Waals surface area contributed by atoms with Gasteiger partial charge in [0.25, 0.3) is 11.8 Å². The maximum Gasteiger partial charge on any atom is 0.262 e. The average Bonchev–Trinajstić information content (AvgIpc) is 2.86. The molecule has 0 bridgehead atoms. The number of nitrogens with one attached hydrogen (secondary N) is 1. The van der Waals surface area contributed by atoms with Crippen molar-refractivity contribution >= 4 is 29.3 Å². The molecule has 0 aliphatic carbocycles. The van der Waals surface area contributed by atoms with Gasteiger partial charge in [-0.25, -0.2) is 0 Å². The summed E-state index contributed by atoms with van der Waals surface area (Å²) in [6, 6.07) is 12.0. The maximum absolute atomic E-state index is 12.3. The highest BCUT2D eigenvalue weighted by molar-refractivity contribution is 6.32. The van der Waals surface area contributed by atoms with Gasteiger partial charge in [0.15, 0.2) is 0 Å². The van der Waals surface area contributed by atoms with Crippen molar-refractivity contribution in [3.63, 3.8) is 0 Å². The fraction of sp³-hybridized carbons (Fsp3) is 0.211. The Morgan fingerprint density at radius 1 is 1.12 bits per heavy atom. The third-order valence-electron chi connectivity index (χ3n) is 4.14. The number of nitrogens with zero attached hydrogens (tertiary/aromatic N) is 1. The van der Waals surface area contributed by atoms with Crippen LogP contribution in [0.4, 0.5) is 0 Å². The molecule has 0 aromatic heterocycles. The highest BCUT2D eigenvalue weighted by Gasteiger charge is 2.36. The van der Waals surface area contributed by atoms with Gasteiger partial charge in [-0.2, -0.15) is 0 Å². The molecular weight excluding hydrogens is 356 g/mol. The Bertz CT molecular complexity index is 882. The van der Waals surface area contributed by atoms with Crippen molar-refractivity contribution in [1.29, 1.82) is 0 Å². The summed E-state index contributed by atoms with van der Waals surface area (Å²) in [6.45, 7) is 0.0457. The number of imide groups is 1. The van der Waals surface area contributed by atoms with E-state index in [1.54, 1.807) is 13.2 Å². The Morgan fingerprint density at radius 2 is 1.85 bits per heavy atom. The lowest BCUT2D eigenvalue weighted by Gasteiger charge is -2.14. The SMILES string of the molecule is COc1ccccc1CCNC(=O)CN1C(=O)c2ccc(Cl)cc2C1=O. The van der Waals surface area contributed by atoms with Crippen LogP contribution in [0.5, 0.6) is 5.75 Å². The summed E-state index contributed by atoms with van der Waals surface area (Å²) in [5.74, 6) is -0.645. The van der Waals surface area contributed by atoms with Crippen molar-refractivity contribution in [3.8, 4) is 5.75 Å². The molecule has 3 amide bonds. The molecule has 6 nitrogen and oxygen atoms in total. The molecule has 0 atom stereocenters. The van der Waals surface area contributed by atoms with Crippen LogP contribution in [0.1, 0.15) is 26.3 Å². The van der Waals surface area contributed by atoms with Crippen molar-refractivity contribution in [2.45, 2.75) is 6.42 Å². The number of carbonyl (C=O) groups excluding carboxylic acids is 3. The lowest BCUT2D eigenvalue weighted by molar-refractivity contribution is -0.121. The van der Waals surface area contributed by atoms with Crippen LogP contribution in [0.2, 0.25) is 5.02 Å². The zero-order valence-electron chi connectivity index (χ0n) is 14.1. The number of para-hydroxylation sites is 1. The molecule has 0 unspecified atom stereocenters. The first kappa shape index (κ1) is 17.9. The molecule has 1 aliphatic rings. The van der Waals surface area contributed by atoms with Gasteiger partial charge in [0.2, 0.25) is 5.91 Å². The fourth-order valence-electron chi connectivity index (χ4n) is 2.85. The largest absolute Gasteiger partial charge is 0.496 e. The summed E-state index contributed by atoms with van der Waals surface area (Å²) < 4.78 is 5.26. The van der Waals surface area contributed by atoms with E-state index in [9.17, 15) is 14.4 Å². The number of carbonyl (C=O) groups is 3. The van der Waals surface area contributed by atoms with E-state index in [4.69, 9.17) is 16.3 Å². The van der Waals surface area contributed by atoms with E-state index >= 15 is 0 Å². The van der Waals surface area contributed by atoms with Gasteiger partial charge < -0.3 is 10.1 Å². The van der Waals surface area contributed by atoms with E-state index in [0.29, 0.717) is 18.0 Å². The second-order valence-electron chi connectivity index (χ2n) is 5.80. The van der Waals surface area contributed by atoms with Gasteiger partial charge in [-0.3, -0.25) is 19.3 Å². The molecule has 1 aliphatic heterocycles. The number of benzene rings is 2. The minimum absolute atomic E-state index is 0.226. The number of fused-ring (bicyclic) bond motifs is 1. The summed E-state index contributed by atoms with van der Waals surface area (Å²) in [5, 5.41) is 3.09. The highest BCUT2D eigenvalue weighted by atomic mass is 35.5. The van der Waals surface area contributed by atoms with Gasteiger partial charge in [-0.05, 0) is 36.2 Å². The number of ether oxygens (including phenoxy) is 1. The molecule has 0 saturated heterocycles. The molecule has 1 heterocycles. The zero-order valence-corrected chi connectivity index (χ0v) is 14.9. The van der Waals surface area contributed by atoms with Crippen molar-refractivity contribution in [1.82, 2.24) is 10.2 Å².